The largest absolute Gasteiger partial charge is 0.394 e. The van der Waals surface area contributed by atoms with Gasteiger partial charge in [0.05, 0.1) is 45.7 Å². The van der Waals surface area contributed by atoms with Gasteiger partial charge in [-0.25, -0.2) is 0 Å². The Hall–Kier alpha value is -0.160. The lowest BCUT2D eigenvalue weighted by atomic mass is 10.1. The number of rotatable bonds is 13. The minimum Gasteiger partial charge on any atom is -0.394 e. The van der Waals surface area contributed by atoms with Crippen molar-refractivity contribution in [2.45, 2.75) is 45.6 Å². The first-order valence-electron chi connectivity index (χ1n) is 6.73. The van der Waals surface area contributed by atoms with E-state index in [1.165, 1.54) is 12.8 Å². The van der Waals surface area contributed by atoms with Crippen molar-refractivity contribution in [1.29, 1.82) is 0 Å². The van der Waals surface area contributed by atoms with Gasteiger partial charge < -0.3 is 19.3 Å². The van der Waals surface area contributed by atoms with Crippen LogP contribution in [0, 0.1) is 0 Å². The van der Waals surface area contributed by atoms with Gasteiger partial charge in [-0.05, 0) is 12.8 Å². The second-order valence-electron chi connectivity index (χ2n) is 3.99. The molecule has 1 N–H and O–H groups in total. The van der Waals surface area contributed by atoms with E-state index in [4.69, 9.17) is 19.3 Å². The van der Waals surface area contributed by atoms with E-state index in [1.54, 1.807) is 0 Å². The van der Waals surface area contributed by atoms with Gasteiger partial charge in [-0.1, -0.05) is 26.7 Å². The predicted octanol–water partition coefficient (Wildman–Crippen LogP) is 2.00. The molecule has 0 heterocycles. The molecule has 17 heavy (non-hydrogen) atoms. The fourth-order valence-electron chi connectivity index (χ4n) is 1.50. The lowest BCUT2D eigenvalue weighted by molar-refractivity contribution is -0.0179. The molecule has 0 aromatic heterocycles. The summed E-state index contributed by atoms with van der Waals surface area (Å²) in [4.78, 5) is 0. The van der Waals surface area contributed by atoms with E-state index in [0.29, 0.717) is 39.1 Å². The molecule has 0 aliphatic carbocycles. The summed E-state index contributed by atoms with van der Waals surface area (Å²) in [5.74, 6) is 0. The van der Waals surface area contributed by atoms with Gasteiger partial charge in [-0.2, -0.15) is 0 Å². The van der Waals surface area contributed by atoms with Crippen molar-refractivity contribution in [3.05, 3.63) is 0 Å². The van der Waals surface area contributed by atoms with Crippen molar-refractivity contribution in [3.63, 3.8) is 0 Å². The highest BCUT2D eigenvalue weighted by molar-refractivity contribution is 4.54. The first kappa shape index (κ1) is 16.8. The van der Waals surface area contributed by atoms with Crippen molar-refractivity contribution in [1.82, 2.24) is 0 Å². The van der Waals surface area contributed by atoms with Gasteiger partial charge in [0.1, 0.15) is 0 Å². The van der Waals surface area contributed by atoms with Crippen molar-refractivity contribution >= 4 is 0 Å². The van der Waals surface area contributed by atoms with Gasteiger partial charge in [-0.15, -0.1) is 0 Å². The highest BCUT2D eigenvalue weighted by Gasteiger charge is 2.04. The van der Waals surface area contributed by atoms with Crippen LogP contribution in [0.15, 0.2) is 0 Å². The fraction of sp³-hybridized carbons (Fsp3) is 1.00. The van der Waals surface area contributed by atoms with Gasteiger partial charge >= 0.3 is 0 Å². The number of aliphatic hydroxyl groups is 1. The summed E-state index contributed by atoms with van der Waals surface area (Å²) in [5.41, 5.74) is 0. The third-order valence-corrected chi connectivity index (χ3v) is 2.52. The molecule has 0 aromatic rings. The van der Waals surface area contributed by atoms with Gasteiger partial charge in [0.25, 0.3) is 0 Å². The molecule has 0 amide bonds. The Morgan fingerprint density at radius 3 is 2.18 bits per heavy atom. The molecule has 0 fully saturated rings. The standard InChI is InChI=1S/C13H28O4/c1-3-5-6-13(4-2)17-12-11-16-10-9-15-8-7-14/h13-14H,3-12H2,1-2H3. The summed E-state index contributed by atoms with van der Waals surface area (Å²) >= 11 is 0. The number of aliphatic hydroxyl groups excluding tert-OH is 1. The van der Waals surface area contributed by atoms with E-state index < -0.39 is 0 Å². The number of hydrogen-bond donors (Lipinski definition) is 1. The molecule has 0 bridgehead atoms. The molecule has 0 aliphatic heterocycles. The van der Waals surface area contributed by atoms with Crippen LogP contribution in [0.1, 0.15) is 39.5 Å². The van der Waals surface area contributed by atoms with Crippen LogP contribution in [0.25, 0.3) is 0 Å². The molecule has 0 radical (unpaired) electrons. The first-order chi connectivity index (χ1) is 8.35. The third kappa shape index (κ3) is 12.1. The van der Waals surface area contributed by atoms with Gasteiger partial charge in [0, 0.05) is 0 Å². The number of hydrogen-bond acceptors (Lipinski definition) is 4. The number of unbranched alkanes of at least 4 members (excludes halogenated alkanes) is 1. The molecular formula is C13H28O4. The van der Waals surface area contributed by atoms with Gasteiger partial charge in [-0.3, -0.25) is 0 Å². The highest BCUT2D eigenvalue weighted by Crippen LogP contribution is 2.08. The molecule has 0 saturated heterocycles. The lowest BCUT2D eigenvalue weighted by Crippen LogP contribution is -2.16. The Morgan fingerprint density at radius 1 is 0.941 bits per heavy atom. The predicted molar refractivity (Wildman–Crippen MR) is 68.3 cm³/mol. The molecule has 0 saturated carbocycles. The van der Waals surface area contributed by atoms with Crippen LogP contribution in [0.4, 0.5) is 0 Å². The van der Waals surface area contributed by atoms with Gasteiger partial charge in [0.15, 0.2) is 0 Å². The summed E-state index contributed by atoms with van der Waals surface area (Å²) in [7, 11) is 0. The Morgan fingerprint density at radius 2 is 1.59 bits per heavy atom. The van der Waals surface area contributed by atoms with E-state index in [1.807, 2.05) is 0 Å². The molecule has 0 aromatic carbocycles. The Balaban J connectivity index is 3.19. The van der Waals surface area contributed by atoms with E-state index in [-0.39, 0.29) is 6.61 Å². The summed E-state index contributed by atoms with van der Waals surface area (Å²) < 4.78 is 16.1. The zero-order chi connectivity index (χ0) is 12.8. The zero-order valence-electron chi connectivity index (χ0n) is 11.3. The number of ether oxygens (including phenoxy) is 3. The zero-order valence-corrected chi connectivity index (χ0v) is 11.3. The first-order valence-corrected chi connectivity index (χ1v) is 6.73. The van der Waals surface area contributed by atoms with Crippen LogP contribution >= 0.6 is 0 Å². The second kappa shape index (κ2) is 13.9. The minimum absolute atomic E-state index is 0.0682. The molecular weight excluding hydrogens is 220 g/mol. The Labute approximate surface area is 105 Å². The Kier molecular flexibility index (Phi) is 13.8. The van der Waals surface area contributed by atoms with Crippen LogP contribution in [-0.4, -0.2) is 50.9 Å². The smallest absolute Gasteiger partial charge is 0.0704 e. The maximum Gasteiger partial charge on any atom is 0.0704 e. The maximum absolute atomic E-state index is 8.48. The maximum atomic E-state index is 8.48. The minimum atomic E-state index is 0.0682. The Bertz CT molecular complexity index is 141. The van der Waals surface area contributed by atoms with Crippen LogP contribution in [0.3, 0.4) is 0 Å². The summed E-state index contributed by atoms with van der Waals surface area (Å²) in [5, 5.41) is 8.48. The quantitative estimate of drug-likeness (QED) is 0.506. The third-order valence-electron chi connectivity index (χ3n) is 2.52. The monoisotopic (exact) mass is 248 g/mol. The fourth-order valence-corrected chi connectivity index (χ4v) is 1.50. The SMILES string of the molecule is CCCCC(CC)OCCOCCOCCO. The van der Waals surface area contributed by atoms with Crippen molar-refractivity contribution in [2.24, 2.45) is 0 Å². The highest BCUT2D eigenvalue weighted by atomic mass is 16.5. The van der Waals surface area contributed by atoms with Gasteiger partial charge in [0.2, 0.25) is 0 Å². The topological polar surface area (TPSA) is 47.9 Å². The molecule has 1 atom stereocenters. The van der Waals surface area contributed by atoms with Crippen LogP contribution in [0.2, 0.25) is 0 Å². The lowest BCUT2D eigenvalue weighted by Gasteiger charge is -2.15. The van der Waals surface area contributed by atoms with Crippen LogP contribution in [-0.2, 0) is 14.2 Å². The van der Waals surface area contributed by atoms with Crippen molar-refractivity contribution < 1.29 is 19.3 Å². The average Bonchev–Trinajstić information content (AvgIpc) is 2.36. The van der Waals surface area contributed by atoms with E-state index in [9.17, 15) is 0 Å². The molecule has 0 aliphatic rings. The van der Waals surface area contributed by atoms with Crippen molar-refractivity contribution in [3.8, 4) is 0 Å². The van der Waals surface area contributed by atoms with Crippen LogP contribution < -0.4 is 0 Å². The molecule has 4 nitrogen and oxygen atoms in total. The second-order valence-corrected chi connectivity index (χ2v) is 3.99. The molecule has 4 heteroatoms. The van der Waals surface area contributed by atoms with Crippen LogP contribution in [0.5, 0.6) is 0 Å². The average molecular weight is 248 g/mol. The molecule has 0 spiro atoms. The summed E-state index contributed by atoms with van der Waals surface area (Å²) in [6, 6.07) is 0. The van der Waals surface area contributed by atoms with E-state index in [0.717, 1.165) is 12.8 Å². The summed E-state index contributed by atoms with van der Waals surface area (Å²) in [6.45, 7) is 7.18. The normalized spacial score (nSPS) is 12.9. The molecule has 0 rings (SSSR count). The van der Waals surface area contributed by atoms with Crippen molar-refractivity contribution in [2.75, 3.05) is 39.6 Å². The van der Waals surface area contributed by atoms with E-state index >= 15 is 0 Å². The molecule has 104 valence electrons. The molecule has 1 unspecified atom stereocenters. The summed E-state index contributed by atoms with van der Waals surface area (Å²) in [6.07, 6.45) is 5.04. The van der Waals surface area contributed by atoms with E-state index in [2.05, 4.69) is 13.8 Å².